The number of carbonyl (C=O) groups is 1. The molecule has 3 aromatic rings. The summed E-state index contributed by atoms with van der Waals surface area (Å²) in [6.45, 7) is 5.52. The van der Waals surface area contributed by atoms with Crippen LogP contribution in [0.3, 0.4) is 0 Å². The molecule has 186 valence electrons. The second-order valence-electron chi connectivity index (χ2n) is 10.0. The number of anilines is 1. The lowest BCUT2D eigenvalue weighted by molar-refractivity contribution is -0.131. The second-order valence-corrected chi connectivity index (χ2v) is 11.1. The number of nitrogens with zero attached hydrogens (tertiary/aromatic N) is 4. The van der Waals surface area contributed by atoms with E-state index in [-0.39, 0.29) is 0 Å². The molecule has 1 aliphatic heterocycles. The molecule has 3 heterocycles. The molecule has 1 fully saturated rings. The van der Waals surface area contributed by atoms with Crippen LogP contribution < -0.4 is 4.90 Å². The molecule has 0 unspecified atom stereocenters. The summed E-state index contributed by atoms with van der Waals surface area (Å²) in [5.74, 6) is 2.39. The van der Waals surface area contributed by atoms with E-state index in [9.17, 15) is 4.79 Å². The Morgan fingerprint density at radius 1 is 0.943 bits per heavy atom. The van der Waals surface area contributed by atoms with Crippen LogP contribution in [0.25, 0.3) is 10.2 Å². The fourth-order valence-corrected chi connectivity index (χ4v) is 6.73. The lowest BCUT2D eigenvalue weighted by Gasteiger charge is -2.36. The van der Waals surface area contributed by atoms with Gasteiger partial charge in [-0.15, -0.1) is 11.3 Å². The average Bonchev–Trinajstić information content (AvgIpc) is 3.28. The zero-order valence-corrected chi connectivity index (χ0v) is 21.9. The van der Waals surface area contributed by atoms with Gasteiger partial charge in [0.2, 0.25) is 5.91 Å². The third-order valence-electron chi connectivity index (χ3n) is 7.50. The van der Waals surface area contributed by atoms with Crippen LogP contribution in [-0.4, -0.2) is 47.0 Å². The van der Waals surface area contributed by atoms with Gasteiger partial charge in [0.25, 0.3) is 0 Å². The third kappa shape index (κ3) is 5.69. The normalized spacial score (nSPS) is 16.0. The Bertz CT molecular complexity index is 1130. The molecule has 1 aromatic carbocycles. The van der Waals surface area contributed by atoms with Crippen LogP contribution >= 0.6 is 11.3 Å². The number of aryl methyl sites for hydroxylation is 4. The lowest BCUT2D eigenvalue weighted by Crippen LogP contribution is -2.49. The van der Waals surface area contributed by atoms with Gasteiger partial charge in [-0.2, -0.15) is 0 Å². The van der Waals surface area contributed by atoms with Gasteiger partial charge in [-0.1, -0.05) is 56.5 Å². The number of fused-ring (bicyclic) bond motifs is 3. The minimum atomic E-state index is 0.324. The molecule has 0 saturated carbocycles. The standard InChI is InChI=1S/C29H38N4OS/c1-2-3-4-8-15-26(34)32-18-20-33(21-19-32)28-27-23-13-9-10-14-24(23)35-29(27)31-25(30-28)17-16-22-11-6-5-7-12-22/h5-7,11-12H,2-4,8-10,13-21H2,1H3. The van der Waals surface area contributed by atoms with Gasteiger partial charge in [0.05, 0.1) is 5.39 Å². The van der Waals surface area contributed by atoms with Crippen molar-refractivity contribution in [1.82, 2.24) is 14.9 Å². The van der Waals surface area contributed by atoms with Crippen molar-refractivity contribution in [3.05, 3.63) is 52.2 Å². The van der Waals surface area contributed by atoms with E-state index in [1.165, 1.54) is 58.3 Å². The molecule has 1 amide bonds. The number of carbonyl (C=O) groups excluding carboxylic acids is 1. The number of aromatic nitrogens is 2. The van der Waals surface area contributed by atoms with E-state index in [4.69, 9.17) is 9.97 Å². The van der Waals surface area contributed by atoms with Crippen molar-refractivity contribution in [2.75, 3.05) is 31.1 Å². The number of thiophene rings is 1. The average molecular weight is 491 g/mol. The van der Waals surface area contributed by atoms with E-state index in [1.54, 1.807) is 0 Å². The lowest BCUT2D eigenvalue weighted by atomic mass is 9.96. The van der Waals surface area contributed by atoms with Gasteiger partial charge in [0, 0.05) is 43.9 Å². The molecule has 2 aromatic heterocycles. The summed E-state index contributed by atoms with van der Waals surface area (Å²) in [5, 5.41) is 1.30. The summed E-state index contributed by atoms with van der Waals surface area (Å²) in [7, 11) is 0. The highest BCUT2D eigenvalue weighted by Gasteiger charge is 2.27. The molecule has 0 atom stereocenters. The molecule has 5 nitrogen and oxygen atoms in total. The largest absolute Gasteiger partial charge is 0.352 e. The van der Waals surface area contributed by atoms with Crippen LogP contribution in [-0.2, 0) is 30.5 Å². The van der Waals surface area contributed by atoms with Gasteiger partial charge in [-0.05, 0) is 49.7 Å². The molecule has 0 bridgehead atoms. The highest BCUT2D eigenvalue weighted by Crippen LogP contribution is 2.40. The molecule has 0 spiro atoms. The maximum absolute atomic E-state index is 12.7. The molecule has 1 saturated heterocycles. The van der Waals surface area contributed by atoms with Crippen molar-refractivity contribution in [3.63, 3.8) is 0 Å². The Labute approximate surface area is 213 Å². The molecule has 6 heteroatoms. The van der Waals surface area contributed by atoms with E-state index in [0.717, 1.165) is 69.9 Å². The Morgan fingerprint density at radius 2 is 1.74 bits per heavy atom. The van der Waals surface area contributed by atoms with Crippen LogP contribution in [0.15, 0.2) is 30.3 Å². The minimum Gasteiger partial charge on any atom is -0.352 e. The van der Waals surface area contributed by atoms with Gasteiger partial charge in [-0.3, -0.25) is 4.79 Å². The molecular formula is C29H38N4OS. The summed E-state index contributed by atoms with van der Waals surface area (Å²) in [6, 6.07) is 10.6. The monoisotopic (exact) mass is 490 g/mol. The van der Waals surface area contributed by atoms with Crippen molar-refractivity contribution in [2.24, 2.45) is 0 Å². The Hall–Kier alpha value is -2.47. The van der Waals surface area contributed by atoms with Gasteiger partial charge >= 0.3 is 0 Å². The SMILES string of the molecule is CCCCCCC(=O)N1CCN(c2nc(CCc3ccccc3)nc3sc4c(c23)CCCC4)CC1. The van der Waals surface area contributed by atoms with Gasteiger partial charge in [0.15, 0.2) is 0 Å². The molecule has 1 aliphatic carbocycles. The van der Waals surface area contributed by atoms with E-state index < -0.39 is 0 Å². The highest BCUT2D eigenvalue weighted by atomic mass is 32.1. The van der Waals surface area contributed by atoms with Gasteiger partial charge in [0.1, 0.15) is 16.5 Å². The summed E-state index contributed by atoms with van der Waals surface area (Å²) in [6.07, 6.45) is 12.0. The zero-order valence-electron chi connectivity index (χ0n) is 21.1. The first-order chi connectivity index (χ1) is 17.2. The molecular weight excluding hydrogens is 452 g/mol. The first kappa shape index (κ1) is 24.2. The fourth-order valence-electron chi connectivity index (χ4n) is 5.45. The van der Waals surface area contributed by atoms with E-state index in [2.05, 4.69) is 47.1 Å². The van der Waals surface area contributed by atoms with Crippen molar-refractivity contribution >= 4 is 33.3 Å². The quantitative estimate of drug-likeness (QED) is 0.347. The van der Waals surface area contributed by atoms with E-state index in [1.807, 2.05) is 11.3 Å². The van der Waals surface area contributed by atoms with Crippen molar-refractivity contribution in [3.8, 4) is 0 Å². The molecule has 35 heavy (non-hydrogen) atoms. The maximum Gasteiger partial charge on any atom is 0.222 e. The van der Waals surface area contributed by atoms with Crippen LogP contribution in [0.4, 0.5) is 5.82 Å². The van der Waals surface area contributed by atoms with Crippen molar-refractivity contribution in [1.29, 1.82) is 0 Å². The predicted molar refractivity (Wildman–Crippen MR) is 145 cm³/mol. The summed E-state index contributed by atoms with van der Waals surface area (Å²) in [4.78, 5) is 30.1. The Balaban J connectivity index is 1.34. The van der Waals surface area contributed by atoms with Gasteiger partial charge < -0.3 is 9.80 Å². The van der Waals surface area contributed by atoms with Crippen molar-refractivity contribution < 1.29 is 4.79 Å². The molecule has 5 rings (SSSR count). The second kappa shape index (κ2) is 11.5. The third-order valence-corrected chi connectivity index (χ3v) is 8.68. The predicted octanol–water partition coefficient (Wildman–Crippen LogP) is 5.97. The molecule has 0 N–H and O–H groups in total. The van der Waals surface area contributed by atoms with Gasteiger partial charge in [-0.25, -0.2) is 9.97 Å². The topological polar surface area (TPSA) is 49.3 Å². The van der Waals surface area contributed by atoms with Crippen LogP contribution in [0.2, 0.25) is 0 Å². The number of benzene rings is 1. The minimum absolute atomic E-state index is 0.324. The van der Waals surface area contributed by atoms with Crippen LogP contribution in [0.5, 0.6) is 0 Å². The zero-order chi connectivity index (χ0) is 24.0. The smallest absolute Gasteiger partial charge is 0.222 e. The molecule has 0 radical (unpaired) electrons. The van der Waals surface area contributed by atoms with Crippen molar-refractivity contribution in [2.45, 2.75) is 77.6 Å². The molecule has 2 aliphatic rings. The van der Waals surface area contributed by atoms with E-state index >= 15 is 0 Å². The van der Waals surface area contributed by atoms with Crippen LogP contribution in [0, 0.1) is 0 Å². The Morgan fingerprint density at radius 3 is 2.54 bits per heavy atom. The summed E-state index contributed by atoms with van der Waals surface area (Å²) < 4.78 is 0. The first-order valence-electron chi connectivity index (χ1n) is 13.6. The van der Waals surface area contributed by atoms with E-state index in [0.29, 0.717) is 12.3 Å². The van der Waals surface area contributed by atoms with Crippen LogP contribution in [0.1, 0.15) is 73.7 Å². The fraction of sp³-hybridized carbons (Fsp3) is 0.552. The maximum atomic E-state index is 12.7. The first-order valence-corrected chi connectivity index (χ1v) is 14.4. The summed E-state index contributed by atoms with van der Waals surface area (Å²) >= 11 is 1.89. The number of hydrogen-bond donors (Lipinski definition) is 0. The number of rotatable bonds is 9. The number of amides is 1. The Kier molecular flexibility index (Phi) is 7.97. The number of unbranched alkanes of at least 4 members (excludes halogenated alkanes) is 3. The number of hydrogen-bond acceptors (Lipinski definition) is 5. The number of piperazine rings is 1. The summed E-state index contributed by atoms with van der Waals surface area (Å²) in [5.41, 5.74) is 2.82. The highest BCUT2D eigenvalue weighted by molar-refractivity contribution is 7.19.